The van der Waals surface area contributed by atoms with E-state index in [0.29, 0.717) is 23.2 Å². The van der Waals surface area contributed by atoms with Gasteiger partial charge >= 0.3 is 7.82 Å². The Balaban J connectivity index is 1.63. The van der Waals surface area contributed by atoms with Gasteiger partial charge in [-0.2, -0.15) is 4.57 Å². The minimum Gasteiger partial charge on any atom is -0.386 e. The van der Waals surface area contributed by atoms with Crippen LogP contribution in [0.25, 0.3) is 10.8 Å². The van der Waals surface area contributed by atoms with Crippen LogP contribution in [0.1, 0.15) is 25.0 Å². The summed E-state index contributed by atoms with van der Waals surface area (Å²) in [6.07, 6.45) is 0.964. The lowest BCUT2D eigenvalue weighted by molar-refractivity contribution is 0.298. The molecule has 4 nitrogen and oxygen atoms in total. The van der Waals surface area contributed by atoms with Crippen molar-refractivity contribution in [3.05, 3.63) is 102 Å². The first kappa shape index (κ1) is 22.0. The molecule has 0 saturated carbocycles. The minimum absolute atomic E-state index is 0.413. The molecule has 0 fully saturated rings. The maximum Gasteiger partial charge on any atom is 0.647 e. The van der Waals surface area contributed by atoms with Crippen LogP contribution in [0.3, 0.4) is 0 Å². The molecule has 0 aliphatic carbocycles. The molecule has 5 heteroatoms. The zero-order valence-corrected chi connectivity index (χ0v) is 19.4. The van der Waals surface area contributed by atoms with Crippen LogP contribution in [0.15, 0.2) is 91.0 Å². The third kappa shape index (κ3) is 5.72. The normalized spacial score (nSPS) is 13.0. The Morgan fingerprint density at radius 2 is 1.31 bits per heavy atom. The summed E-state index contributed by atoms with van der Waals surface area (Å²) >= 11 is 0. The summed E-state index contributed by atoms with van der Waals surface area (Å²) in [5.41, 5.74) is 2.18. The van der Waals surface area contributed by atoms with Gasteiger partial charge in [0.2, 0.25) is 0 Å². The first-order valence-electron chi connectivity index (χ1n) is 10.7. The number of phosphoric ester groups is 1. The highest BCUT2D eigenvalue weighted by atomic mass is 31.2. The molecular formula is C27H27O4P. The minimum atomic E-state index is -4.03. The molecule has 0 aliphatic rings. The van der Waals surface area contributed by atoms with Gasteiger partial charge in [-0.1, -0.05) is 68.4 Å². The fourth-order valence-electron chi connectivity index (χ4n) is 3.50. The highest BCUT2D eigenvalue weighted by Gasteiger charge is 2.33. The molecule has 0 amide bonds. The van der Waals surface area contributed by atoms with Crippen LogP contribution in [-0.2, 0) is 11.0 Å². The Morgan fingerprint density at radius 1 is 0.688 bits per heavy atom. The average molecular weight is 446 g/mol. The number of rotatable bonds is 8. The summed E-state index contributed by atoms with van der Waals surface area (Å²) in [6, 6.07) is 28.3. The molecule has 1 atom stereocenters. The molecule has 0 bridgehead atoms. The summed E-state index contributed by atoms with van der Waals surface area (Å²) in [6.45, 7) is 6.29. The number of hydrogen-bond donors (Lipinski definition) is 0. The lowest BCUT2D eigenvalue weighted by Gasteiger charge is -2.20. The lowest BCUT2D eigenvalue weighted by atomic mass is 10.0. The first-order valence-corrected chi connectivity index (χ1v) is 12.2. The van der Waals surface area contributed by atoms with Crippen LogP contribution in [0.2, 0.25) is 0 Å². The van der Waals surface area contributed by atoms with E-state index < -0.39 is 7.82 Å². The molecule has 4 rings (SSSR count). The average Bonchev–Trinajstić information content (AvgIpc) is 2.74. The van der Waals surface area contributed by atoms with Crippen LogP contribution < -0.4 is 13.6 Å². The van der Waals surface area contributed by atoms with E-state index in [1.807, 2.05) is 67.6 Å². The fraction of sp³-hybridized carbons (Fsp3) is 0.185. The van der Waals surface area contributed by atoms with Crippen LogP contribution in [0, 0.1) is 12.8 Å². The Labute approximate surface area is 189 Å². The van der Waals surface area contributed by atoms with Crippen molar-refractivity contribution in [1.82, 2.24) is 0 Å². The third-order valence-electron chi connectivity index (χ3n) is 4.93. The van der Waals surface area contributed by atoms with E-state index in [-0.39, 0.29) is 0 Å². The number of benzene rings is 4. The van der Waals surface area contributed by atoms with Crippen molar-refractivity contribution in [3.63, 3.8) is 0 Å². The molecule has 0 aromatic heterocycles. The Hall–Kier alpha value is -3.23. The van der Waals surface area contributed by atoms with Crippen LogP contribution >= 0.6 is 7.82 Å². The molecule has 0 aliphatic heterocycles. The van der Waals surface area contributed by atoms with E-state index in [4.69, 9.17) is 13.6 Å². The smallest absolute Gasteiger partial charge is 0.386 e. The second kappa shape index (κ2) is 9.50. The molecule has 0 spiro atoms. The Bertz CT molecular complexity index is 1250. The van der Waals surface area contributed by atoms with Gasteiger partial charge in [0.25, 0.3) is 0 Å². The molecular weight excluding hydrogens is 419 g/mol. The van der Waals surface area contributed by atoms with Gasteiger partial charge in [-0.05, 0) is 77.6 Å². The summed E-state index contributed by atoms with van der Waals surface area (Å²) in [5, 5.41) is 2.04. The highest BCUT2D eigenvalue weighted by molar-refractivity contribution is 7.49. The molecule has 32 heavy (non-hydrogen) atoms. The zero-order chi connectivity index (χ0) is 22.6. The van der Waals surface area contributed by atoms with Gasteiger partial charge < -0.3 is 13.6 Å². The van der Waals surface area contributed by atoms with Crippen LogP contribution in [-0.4, -0.2) is 0 Å². The van der Waals surface area contributed by atoms with Gasteiger partial charge in [0, 0.05) is 0 Å². The lowest BCUT2D eigenvalue weighted by Crippen LogP contribution is -2.08. The zero-order valence-electron chi connectivity index (χ0n) is 18.5. The number of aryl methyl sites for hydroxylation is 1. The largest absolute Gasteiger partial charge is 0.647 e. The van der Waals surface area contributed by atoms with E-state index in [0.717, 1.165) is 22.8 Å². The summed E-state index contributed by atoms with van der Waals surface area (Å²) < 4.78 is 31.3. The Kier molecular flexibility index (Phi) is 6.53. The van der Waals surface area contributed by atoms with Gasteiger partial charge in [-0.3, -0.25) is 0 Å². The summed E-state index contributed by atoms with van der Waals surface area (Å²) in [5.74, 6) is 1.81. The maximum absolute atomic E-state index is 13.8. The van der Waals surface area contributed by atoms with Gasteiger partial charge in [-0.25, -0.2) is 0 Å². The molecule has 4 aromatic carbocycles. The van der Waals surface area contributed by atoms with E-state index in [1.54, 1.807) is 30.3 Å². The van der Waals surface area contributed by atoms with Crippen molar-refractivity contribution in [2.45, 2.75) is 27.2 Å². The molecule has 0 saturated heterocycles. The van der Waals surface area contributed by atoms with E-state index in [9.17, 15) is 4.57 Å². The van der Waals surface area contributed by atoms with E-state index in [2.05, 4.69) is 13.8 Å². The predicted molar refractivity (Wildman–Crippen MR) is 130 cm³/mol. The standard InChI is InChI=1S/C27H27O4P/c1-20(2)17-22-11-14-25(15-12-22)29-32(28,30-26-10-6-7-21(3)18-26)31-27-16-13-23-8-4-5-9-24(23)19-27/h4-16,18-20H,17H2,1-3H3. The molecule has 0 radical (unpaired) electrons. The number of phosphoric acid groups is 1. The van der Waals surface area contributed by atoms with Crippen molar-refractivity contribution in [2.75, 3.05) is 0 Å². The topological polar surface area (TPSA) is 44.8 Å². The van der Waals surface area contributed by atoms with Crippen molar-refractivity contribution >= 4 is 18.6 Å². The SMILES string of the molecule is Cc1cccc(OP(=O)(Oc2ccc(CC(C)C)cc2)Oc2ccc3ccccc3c2)c1. The van der Waals surface area contributed by atoms with Crippen LogP contribution in [0.5, 0.6) is 17.2 Å². The van der Waals surface area contributed by atoms with E-state index in [1.165, 1.54) is 5.56 Å². The second-order valence-electron chi connectivity index (χ2n) is 8.29. The van der Waals surface area contributed by atoms with Crippen molar-refractivity contribution < 1.29 is 18.1 Å². The van der Waals surface area contributed by atoms with Gasteiger partial charge in [0.15, 0.2) is 0 Å². The summed E-state index contributed by atoms with van der Waals surface area (Å²) in [4.78, 5) is 0. The van der Waals surface area contributed by atoms with Gasteiger partial charge in [0.1, 0.15) is 17.2 Å². The molecule has 0 N–H and O–H groups in total. The quantitative estimate of drug-likeness (QED) is 0.257. The summed E-state index contributed by atoms with van der Waals surface area (Å²) in [7, 11) is -4.03. The molecule has 4 aromatic rings. The fourth-order valence-corrected chi connectivity index (χ4v) is 4.73. The monoisotopic (exact) mass is 446 g/mol. The molecule has 0 heterocycles. The molecule has 1 unspecified atom stereocenters. The van der Waals surface area contributed by atoms with Crippen molar-refractivity contribution in [3.8, 4) is 17.2 Å². The van der Waals surface area contributed by atoms with Crippen molar-refractivity contribution in [2.24, 2.45) is 5.92 Å². The number of hydrogen-bond acceptors (Lipinski definition) is 4. The Morgan fingerprint density at radius 3 is 2.00 bits per heavy atom. The van der Waals surface area contributed by atoms with Gasteiger partial charge in [0.05, 0.1) is 0 Å². The predicted octanol–water partition coefficient (Wildman–Crippen LogP) is 7.99. The maximum atomic E-state index is 13.8. The molecule has 164 valence electrons. The van der Waals surface area contributed by atoms with Crippen LogP contribution in [0.4, 0.5) is 0 Å². The van der Waals surface area contributed by atoms with Crippen molar-refractivity contribution in [1.29, 1.82) is 0 Å². The second-order valence-corrected chi connectivity index (χ2v) is 9.73. The van der Waals surface area contributed by atoms with Gasteiger partial charge in [-0.15, -0.1) is 0 Å². The first-order chi connectivity index (χ1) is 15.4. The third-order valence-corrected chi connectivity index (χ3v) is 6.23. The number of fused-ring (bicyclic) bond motifs is 1. The highest BCUT2D eigenvalue weighted by Crippen LogP contribution is 2.50. The van der Waals surface area contributed by atoms with E-state index >= 15 is 0 Å².